The fraction of sp³-hybridized carbons (Fsp3) is 0.241. The number of aromatic carboxylic acids is 1. The molecule has 0 aliphatic heterocycles. The van der Waals surface area contributed by atoms with Gasteiger partial charge in [0.2, 0.25) is 5.69 Å². The summed E-state index contributed by atoms with van der Waals surface area (Å²) in [6.07, 6.45) is 13.8. The Morgan fingerprint density at radius 3 is 1.37 bits per heavy atom. The highest BCUT2D eigenvalue weighted by Gasteiger charge is 2.37. The van der Waals surface area contributed by atoms with Crippen LogP contribution in [0.1, 0.15) is 10.4 Å². The van der Waals surface area contributed by atoms with Crippen molar-refractivity contribution in [1.29, 1.82) is 0 Å². The first-order valence-electron chi connectivity index (χ1n) is 12.2. The zero-order chi connectivity index (χ0) is 27.6. The maximum atomic E-state index is 12.8. The van der Waals surface area contributed by atoms with Gasteiger partial charge in [-0.2, -0.15) is 13.7 Å². The molecule has 0 aliphatic carbocycles. The quantitative estimate of drug-likeness (QED) is 0.279. The predicted molar refractivity (Wildman–Crippen MR) is 153 cm³/mol. The number of nitrogens with zero attached hydrogens (tertiary/aromatic N) is 6. The molecule has 3 heterocycles. The average Bonchev–Trinajstić information content (AvgIpc) is 2.91. The van der Waals surface area contributed by atoms with Crippen LogP contribution in [0.2, 0.25) is 0 Å². The van der Waals surface area contributed by atoms with Gasteiger partial charge in [-0.15, -0.1) is 11.8 Å². The number of carbonyl (C=O) groups is 1. The third-order valence-electron chi connectivity index (χ3n) is 6.42. The maximum Gasteiger partial charge on any atom is 0.343 e. The van der Waals surface area contributed by atoms with Crippen molar-refractivity contribution >= 4 is 34.8 Å². The first kappa shape index (κ1) is 26.9. The van der Waals surface area contributed by atoms with Crippen molar-refractivity contribution in [1.82, 2.24) is 0 Å². The van der Waals surface area contributed by atoms with Gasteiger partial charge in [0.25, 0.3) is 5.69 Å². The topological polar surface area (TPSA) is 58.7 Å². The lowest BCUT2D eigenvalue weighted by Crippen LogP contribution is -2.43. The lowest BCUT2D eigenvalue weighted by atomic mass is 10.1. The Kier molecular flexibility index (Phi) is 7.87. The van der Waals surface area contributed by atoms with E-state index in [9.17, 15) is 9.90 Å². The Morgan fingerprint density at radius 2 is 1.03 bits per heavy atom. The molecule has 38 heavy (non-hydrogen) atoms. The van der Waals surface area contributed by atoms with Gasteiger partial charge in [-0.05, 0) is 6.26 Å². The monoisotopic (exact) mass is 531 g/mol. The van der Waals surface area contributed by atoms with E-state index in [1.54, 1.807) is 17.8 Å². The number of thioether (sulfide) groups is 1. The highest BCUT2D eigenvalue weighted by atomic mass is 32.2. The van der Waals surface area contributed by atoms with E-state index in [4.69, 9.17) is 0 Å². The number of carboxylic acid groups (broad SMARTS) is 1. The average molecular weight is 532 g/mol. The van der Waals surface area contributed by atoms with Crippen LogP contribution >= 0.6 is 11.8 Å². The summed E-state index contributed by atoms with van der Waals surface area (Å²) in [6.45, 7) is 0. The van der Waals surface area contributed by atoms with E-state index in [0.717, 1.165) is 33.3 Å². The summed E-state index contributed by atoms with van der Waals surface area (Å²) >= 11 is 1.59. The molecule has 0 radical (unpaired) electrons. The van der Waals surface area contributed by atoms with Gasteiger partial charge in [0.05, 0.1) is 0 Å². The van der Waals surface area contributed by atoms with E-state index < -0.39 is 5.97 Å². The maximum absolute atomic E-state index is 12.8. The van der Waals surface area contributed by atoms with Crippen LogP contribution in [0.5, 0.6) is 0 Å². The Bertz CT molecular complexity index is 1430. The normalized spacial score (nSPS) is 10.8. The van der Waals surface area contributed by atoms with Crippen molar-refractivity contribution in [3.05, 3.63) is 85.2 Å². The van der Waals surface area contributed by atoms with Crippen LogP contribution in [0.15, 0.2) is 84.5 Å². The van der Waals surface area contributed by atoms with Crippen molar-refractivity contribution in [2.45, 2.75) is 4.90 Å². The molecule has 1 aromatic carbocycles. The molecule has 0 saturated carbocycles. The molecule has 4 rings (SSSR count). The number of benzene rings is 1. The number of aromatic nitrogens is 3. The van der Waals surface area contributed by atoms with E-state index in [1.165, 1.54) is 0 Å². The molecule has 0 atom stereocenters. The Hall–Kier alpha value is -4.11. The standard InChI is InChI=1S/C29H34N6O2S/c1-30(2)21-8-14-33(15-9-21)25-20-24(29(36)37)26(34-16-10-22(11-17-34)31(3)4)27(28(25)38-7)35-18-12-23(13-19-35)32(5)6/h8-20H,1-7H3/q+2/p+1. The van der Waals surface area contributed by atoms with Crippen LogP contribution in [0.4, 0.5) is 17.1 Å². The predicted octanol–water partition coefficient (Wildman–Crippen LogP) is 3.13. The van der Waals surface area contributed by atoms with Gasteiger partial charge in [0, 0.05) is 102 Å². The van der Waals surface area contributed by atoms with E-state index >= 15 is 0 Å². The minimum Gasteiger partial charge on any atom is -0.477 e. The molecular weight excluding hydrogens is 496 g/mol. The summed E-state index contributed by atoms with van der Waals surface area (Å²) in [4.78, 5) is 19.8. The van der Waals surface area contributed by atoms with Gasteiger partial charge in [-0.25, -0.2) is 4.79 Å². The fourth-order valence-corrected chi connectivity index (χ4v) is 5.06. The summed E-state index contributed by atoms with van der Waals surface area (Å²) in [5.41, 5.74) is 5.55. The summed E-state index contributed by atoms with van der Waals surface area (Å²) in [5.74, 6) is -0.990. The van der Waals surface area contributed by atoms with Gasteiger partial charge in [-0.1, -0.05) is 0 Å². The van der Waals surface area contributed by atoms with E-state index in [2.05, 4.69) is 0 Å². The molecule has 4 aromatic rings. The molecule has 196 valence electrons. The lowest BCUT2D eigenvalue weighted by Gasteiger charge is -2.14. The van der Waals surface area contributed by atoms with Gasteiger partial charge < -0.3 is 19.8 Å². The van der Waals surface area contributed by atoms with Crippen molar-refractivity contribution < 1.29 is 23.6 Å². The second-order valence-corrected chi connectivity index (χ2v) is 10.4. The number of rotatable bonds is 8. The molecule has 0 fully saturated rings. The highest BCUT2D eigenvalue weighted by Crippen LogP contribution is 2.32. The molecule has 9 heteroatoms. The third kappa shape index (κ3) is 5.28. The smallest absolute Gasteiger partial charge is 0.343 e. The van der Waals surface area contributed by atoms with E-state index in [0.29, 0.717) is 5.69 Å². The van der Waals surface area contributed by atoms with Crippen LogP contribution < -0.4 is 28.4 Å². The fourth-order valence-electron chi connectivity index (χ4n) is 4.29. The van der Waals surface area contributed by atoms with Crippen LogP contribution in [0.3, 0.4) is 0 Å². The summed E-state index contributed by atoms with van der Waals surface area (Å²) < 4.78 is 5.88. The summed E-state index contributed by atoms with van der Waals surface area (Å²) in [5, 5.41) is 10.4. The molecule has 0 amide bonds. The SMILES string of the molecule is CSc1c(-[n+]2ccc(N(C)C)cc2)cc(C(=O)O)c(-[n+]2ccc(N(C)C)cc2)c1-[n+]1ccc(N(C)C)cc1. The van der Waals surface area contributed by atoms with Crippen LogP contribution in [-0.4, -0.2) is 59.6 Å². The van der Waals surface area contributed by atoms with Crippen molar-refractivity contribution in [2.75, 3.05) is 63.2 Å². The van der Waals surface area contributed by atoms with Crippen molar-refractivity contribution in [3.63, 3.8) is 0 Å². The third-order valence-corrected chi connectivity index (χ3v) is 7.23. The first-order valence-corrected chi connectivity index (χ1v) is 13.4. The van der Waals surface area contributed by atoms with Crippen molar-refractivity contribution in [2.24, 2.45) is 0 Å². The molecular formula is C29H35N6O2S+3. The molecule has 3 aromatic heterocycles. The Balaban J connectivity index is 2.07. The molecule has 0 aliphatic rings. The zero-order valence-electron chi connectivity index (χ0n) is 23.0. The lowest BCUT2D eigenvalue weighted by molar-refractivity contribution is -0.637. The highest BCUT2D eigenvalue weighted by molar-refractivity contribution is 7.98. The molecule has 1 N–H and O–H groups in total. The Morgan fingerprint density at radius 1 is 0.658 bits per heavy atom. The van der Waals surface area contributed by atoms with Crippen LogP contribution in [0.25, 0.3) is 17.1 Å². The molecule has 8 nitrogen and oxygen atoms in total. The number of carboxylic acids is 1. The first-order chi connectivity index (χ1) is 18.1. The number of hydrogen-bond acceptors (Lipinski definition) is 5. The van der Waals surface area contributed by atoms with E-state index in [-0.39, 0.29) is 5.56 Å². The molecule has 0 bridgehead atoms. The molecule has 0 saturated heterocycles. The second-order valence-electron chi connectivity index (χ2n) is 9.55. The number of anilines is 3. The van der Waals surface area contributed by atoms with Crippen molar-refractivity contribution in [3.8, 4) is 17.1 Å². The minimum absolute atomic E-state index is 0.212. The second kappa shape index (κ2) is 11.1. The Labute approximate surface area is 228 Å². The number of hydrogen-bond donors (Lipinski definition) is 1. The largest absolute Gasteiger partial charge is 0.477 e. The van der Waals surface area contributed by atoms with E-state index in [1.807, 2.05) is 151 Å². The summed E-state index contributed by atoms with van der Waals surface area (Å²) in [7, 11) is 11.9. The van der Waals surface area contributed by atoms with Gasteiger partial charge in [0.15, 0.2) is 42.1 Å². The number of pyridine rings is 3. The van der Waals surface area contributed by atoms with Crippen LogP contribution in [0, 0.1) is 0 Å². The minimum atomic E-state index is -0.990. The molecule has 0 unspecified atom stereocenters. The van der Waals surface area contributed by atoms with Gasteiger partial charge in [0.1, 0.15) is 5.56 Å². The van der Waals surface area contributed by atoms with Crippen LogP contribution in [-0.2, 0) is 0 Å². The molecule has 0 spiro atoms. The summed E-state index contributed by atoms with van der Waals surface area (Å²) in [6, 6.07) is 13.8. The van der Waals surface area contributed by atoms with Gasteiger partial charge in [-0.3, -0.25) is 0 Å². The zero-order valence-corrected chi connectivity index (χ0v) is 23.8. The van der Waals surface area contributed by atoms with Gasteiger partial charge >= 0.3 is 11.7 Å².